The Morgan fingerprint density at radius 3 is 2.56 bits per heavy atom. The van der Waals surface area contributed by atoms with Gasteiger partial charge in [-0.1, -0.05) is 0 Å². The Morgan fingerprint density at radius 1 is 1.38 bits per heavy atom. The first kappa shape index (κ1) is 18.2. The third-order valence-electron chi connectivity index (χ3n) is 2.45. The van der Waals surface area contributed by atoms with Gasteiger partial charge in [-0.2, -0.15) is 0 Å². The molecule has 6 heteroatoms. The number of hydrogen-bond acceptors (Lipinski definition) is 3. The van der Waals surface area contributed by atoms with Crippen LogP contribution < -0.4 is 10.6 Å². The molecule has 0 saturated carbocycles. The van der Waals surface area contributed by atoms with Crippen LogP contribution in [0.25, 0.3) is 0 Å². The minimum Gasteiger partial charge on any atom is -0.355 e. The highest BCUT2D eigenvalue weighted by Crippen LogP contribution is 2.17. The first-order chi connectivity index (χ1) is 6.25. The van der Waals surface area contributed by atoms with Crippen molar-refractivity contribution in [3.05, 3.63) is 23.9 Å². The quantitative estimate of drug-likeness (QED) is 0.860. The van der Waals surface area contributed by atoms with E-state index in [4.69, 9.17) is 5.73 Å². The highest BCUT2D eigenvalue weighted by molar-refractivity contribution is 5.86. The van der Waals surface area contributed by atoms with E-state index in [1.807, 2.05) is 12.3 Å². The Kier molecular flexibility index (Phi) is 9.03. The molecule has 1 aliphatic heterocycles. The second-order valence-corrected chi connectivity index (χ2v) is 3.69. The van der Waals surface area contributed by atoms with Gasteiger partial charge in [0.15, 0.2) is 0 Å². The summed E-state index contributed by atoms with van der Waals surface area (Å²) >= 11 is 0. The Balaban J connectivity index is 0. The second-order valence-electron chi connectivity index (χ2n) is 3.69. The number of pyridine rings is 1. The number of rotatable bonds is 1. The van der Waals surface area contributed by atoms with Crippen LogP contribution in [0.5, 0.6) is 0 Å². The van der Waals surface area contributed by atoms with Gasteiger partial charge in [-0.25, -0.2) is 4.98 Å². The molecule has 0 aliphatic carbocycles. The van der Waals surface area contributed by atoms with E-state index in [0.29, 0.717) is 6.04 Å². The monoisotopic (exact) mass is 285 g/mol. The van der Waals surface area contributed by atoms with Gasteiger partial charge < -0.3 is 10.6 Å². The van der Waals surface area contributed by atoms with Gasteiger partial charge in [0.25, 0.3) is 0 Å². The van der Waals surface area contributed by atoms with Crippen molar-refractivity contribution in [1.82, 2.24) is 4.98 Å². The highest BCUT2D eigenvalue weighted by Gasteiger charge is 2.19. The molecule has 1 aromatic rings. The normalized spacial score (nSPS) is 18.1. The number of nitrogens with two attached hydrogens (primary N) is 1. The van der Waals surface area contributed by atoms with Crippen molar-refractivity contribution in [3.63, 3.8) is 0 Å². The molecule has 16 heavy (non-hydrogen) atoms. The van der Waals surface area contributed by atoms with Crippen molar-refractivity contribution in [2.45, 2.75) is 19.4 Å². The smallest absolute Gasteiger partial charge is 0.128 e. The molecule has 0 bridgehead atoms. The van der Waals surface area contributed by atoms with Gasteiger partial charge in [0.05, 0.1) is 0 Å². The van der Waals surface area contributed by atoms with Gasteiger partial charge >= 0.3 is 0 Å². The standard InChI is InChI=1S/C10H15N3.3ClH/c1-8-2-4-12-10(6-8)13-5-3-9(11)7-13;;;/h2,4,6,9H,3,5,7,11H2,1H3;3*1H/t9-;;;/m0.../s1. The fourth-order valence-corrected chi connectivity index (χ4v) is 1.69. The van der Waals surface area contributed by atoms with E-state index < -0.39 is 0 Å². The average molecular weight is 287 g/mol. The van der Waals surface area contributed by atoms with Crippen molar-refractivity contribution in [2.75, 3.05) is 18.0 Å². The molecule has 94 valence electrons. The van der Waals surface area contributed by atoms with E-state index >= 15 is 0 Å². The van der Waals surface area contributed by atoms with Crippen LogP contribution in [-0.4, -0.2) is 24.1 Å². The Bertz CT molecular complexity index is 309. The lowest BCUT2D eigenvalue weighted by Gasteiger charge is -2.16. The molecule has 2 rings (SSSR count). The molecule has 0 spiro atoms. The van der Waals surface area contributed by atoms with Crippen molar-refractivity contribution in [1.29, 1.82) is 0 Å². The van der Waals surface area contributed by atoms with Crippen LogP contribution in [0.15, 0.2) is 18.3 Å². The summed E-state index contributed by atoms with van der Waals surface area (Å²) in [4.78, 5) is 6.57. The molecule has 2 N–H and O–H groups in total. The summed E-state index contributed by atoms with van der Waals surface area (Å²) in [6.45, 7) is 4.06. The van der Waals surface area contributed by atoms with Crippen molar-refractivity contribution >= 4 is 43.0 Å². The highest BCUT2D eigenvalue weighted by atomic mass is 35.5. The lowest BCUT2D eigenvalue weighted by molar-refractivity contribution is 0.751. The summed E-state index contributed by atoms with van der Waals surface area (Å²) in [5.74, 6) is 1.06. The minimum absolute atomic E-state index is 0. The number of aromatic nitrogens is 1. The molecule has 3 nitrogen and oxygen atoms in total. The van der Waals surface area contributed by atoms with Crippen LogP contribution in [0.2, 0.25) is 0 Å². The molecule has 1 aromatic heterocycles. The number of hydrogen-bond donors (Lipinski definition) is 1. The Labute approximate surface area is 115 Å². The fraction of sp³-hybridized carbons (Fsp3) is 0.500. The molecule has 1 saturated heterocycles. The van der Waals surface area contributed by atoms with Crippen LogP contribution in [0.4, 0.5) is 5.82 Å². The fourth-order valence-electron chi connectivity index (χ4n) is 1.69. The van der Waals surface area contributed by atoms with E-state index in [9.17, 15) is 0 Å². The maximum absolute atomic E-state index is 5.83. The molecule has 0 amide bonds. The maximum atomic E-state index is 5.83. The number of nitrogens with zero attached hydrogens (tertiary/aromatic N) is 2. The van der Waals surface area contributed by atoms with E-state index in [-0.39, 0.29) is 37.2 Å². The van der Waals surface area contributed by atoms with E-state index in [1.165, 1.54) is 5.56 Å². The molecule has 2 heterocycles. The molecule has 1 aliphatic rings. The number of anilines is 1. The lowest BCUT2D eigenvalue weighted by atomic mass is 10.3. The number of aryl methyl sites for hydroxylation is 1. The van der Waals surface area contributed by atoms with Crippen molar-refractivity contribution in [3.8, 4) is 0 Å². The summed E-state index contributed by atoms with van der Waals surface area (Å²) in [7, 11) is 0. The van der Waals surface area contributed by atoms with Gasteiger partial charge in [-0.05, 0) is 31.0 Å². The Morgan fingerprint density at radius 2 is 2.06 bits per heavy atom. The summed E-state index contributed by atoms with van der Waals surface area (Å²) < 4.78 is 0. The number of halogens is 3. The summed E-state index contributed by atoms with van der Waals surface area (Å²) in [5, 5.41) is 0. The van der Waals surface area contributed by atoms with Crippen LogP contribution in [0, 0.1) is 6.92 Å². The van der Waals surface area contributed by atoms with E-state index in [1.54, 1.807) is 0 Å². The predicted octanol–water partition coefficient (Wildman–Crippen LogP) is 2.19. The molecular weight excluding hydrogens is 268 g/mol. The lowest BCUT2D eigenvalue weighted by Crippen LogP contribution is -2.26. The van der Waals surface area contributed by atoms with Gasteiger partial charge in [0.2, 0.25) is 0 Å². The van der Waals surface area contributed by atoms with Crippen molar-refractivity contribution in [2.24, 2.45) is 5.73 Å². The molecule has 0 unspecified atom stereocenters. The first-order valence-electron chi connectivity index (χ1n) is 4.69. The SMILES string of the molecule is Cc1ccnc(N2CC[C@H](N)C2)c1.Cl.Cl.Cl. The predicted molar refractivity (Wildman–Crippen MR) is 75.5 cm³/mol. The molecular formula is C10H18Cl3N3. The maximum Gasteiger partial charge on any atom is 0.128 e. The third kappa shape index (κ3) is 4.34. The van der Waals surface area contributed by atoms with Gasteiger partial charge in [-0.15, -0.1) is 37.2 Å². The third-order valence-corrected chi connectivity index (χ3v) is 2.45. The Hall–Kier alpha value is -0.220. The van der Waals surface area contributed by atoms with Crippen LogP contribution >= 0.6 is 37.2 Å². The molecule has 1 fully saturated rings. The van der Waals surface area contributed by atoms with Crippen LogP contribution in [0.3, 0.4) is 0 Å². The summed E-state index contributed by atoms with van der Waals surface area (Å²) in [5.41, 5.74) is 7.09. The minimum atomic E-state index is 0. The topological polar surface area (TPSA) is 42.2 Å². The van der Waals surface area contributed by atoms with Gasteiger partial charge in [-0.3, -0.25) is 0 Å². The molecule has 0 aromatic carbocycles. The zero-order valence-electron chi connectivity index (χ0n) is 9.13. The van der Waals surface area contributed by atoms with Crippen LogP contribution in [0.1, 0.15) is 12.0 Å². The second kappa shape index (κ2) is 7.96. The first-order valence-corrected chi connectivity index (χ1v) is 4.69. The average Bonchev–Trinajstić information content (AvgIpc) is 2.52. The van der Waals surface area contributed by atoms with Gasteiger partial charge in [0, 0.05) is 25.3 Å². The largest absolute Gasteiger partial charge is 0.355 e. The zero-order valence-corrected chi connectivity index (χ0v) is 11.6. The summed E-state index contributed by atoms with van der Waals surface area (Å²) in [6.07, 6.45) is 2.93. The zero-order chi connectivity index (χ0) is 9.26. The molecule has 1 atom stereocenters. The summed E-state index contributed by atoms with van der Waals surface area (Å²) in [6, 6.07) is 4.44. The van der Waals surface area contributed by atoms with Crippen LogP contribution in [-0.2, 0) is 0 Å². The molecule has 0 radical (unpaired) electrons. The van der Waals surface area contributed by atoms with Crippen molar-refractivity contribution < 1.29 is 0 Å². The van der Waals surface area contributed by atoms with E-state index in [2.05, 4.69) is 22.9 Å². The van der Waals surface area contributed by atoms with Gasteiger partial charge in [0.1, 0.15) is 5.82 Å². The van der Waals surface area contributed by atoms with E-state index in [0.717, 1.165) is 25.3 Å².